The largest absolute Gasteiger partial charge is 0.353 e. The van der Waals surface area contributed by atoms with E-state index in [4.69, 9.17) is 0 Å². The molecule has 2 fully saturated rings. The maximum atomic E-state index is 11.5. The molecule has 1 aliphatic heterocycles. The van der Waals surface area contributed by atoms with Gasteiger partial charge in [0.1, 0.15) is 11.6 Å². The number of aromatic nitrogens is 2. The van der Waals surface area contributed by atoms with Crippen molar-refractivity contribution in [2.75, 3.05) is 11.4 Å². The van der Waals surface area contributed by atoms with Crippen molar-refractivity contribution >= 4 is 5.82 Å². The molecule has 1 aromatic rings. The summed E-state index contributed by atoms with van der Waals surface area (Å²) in [5.41, 5.74) is -0.0235. The second-order valence-corrected chi connectivity index (χ2v) is 4.89. The smallest absolute Gasteiger partial charge is 0.252 e. The topological polar surface area (TPSA) is 49.0 Å². The monoisotopic (exact) mass is 219 g/mol. The summed E-state index contributed by atoms with van der Waals surface area (Å²) in [6.45, 7) is 3.10. The number of H-pyrrole nitrogens is 1. The lowest BCUT2D eigenvalue weighted by molar-refractivity contribution is 0.549. The molecule has 1 saturated carbocycles. The Labute approximate surface area is 94.7 Å². The Hall–Kier alpha value is -1.32. The molecule has 2 unspecified atom stereocenters. The van der Waals surface area contributed by atoms with E-state index in [0.29, 0.717) is 6.04 Å². The lowest BCUT2D eigenvalue weighted by Crippen LogP contribution is -2.33. The third-order valence-corrected chi connectivity index (χ3v) is 3.82. The Morgan fingerprint density at radius 3 is 3.06 bits per heavy atom. The first-order valence-corrected chi connectivity index (χ1v) is 6.13. The molecule has 16 heavy (non-hydrogen) atoms. The molecule has 2 heterocycles. The molecular formula is C12H17N3O. The van der Waals surface area contributed by atoms with Gasteiger partial charge < -0.3 is 9.88 Å². The van der Waals surface area contributed by atoms with Gasteiger partial charge in [0, 0.05) is 25.1 Å². The normalized spacial score (nSPS) is 27.7. The molecule has 4 nitrogen and oxygen atoms in total. The molecule has 0 spiro atoms. The quantitative estimate of drug-likeness (QED) is 0.816. The number of anilines is 1. The second kappa shape index (κ2) is 3.61. The highest BCUT2D eigenvalue weighted by Crippen LogP contribution is 2.39. The van der Waals surface area contributed by atoms with Gasteiger partial charge in [-0.05, 0) is 25.2 Å². The fourth-order valence-electron chi connectivity index (χ4n) is 3.01. The molecule has 0 aromatic carbocycles. The lowest BCUT2D eigenvalue weighted by Gasteiger charge is -2.27. The van der Waals surface area contributed by atoms with Crippen molar-refractivity contribution in [3.05, 3.63) is 22.2 Å². The maximum absolute atomic E-state index is 11.5. The van der Waals surface area contributed by atoms with Crippen LogP contribution in [0, 0.1) is 5.92 Å². The number of hydrogen-bond donors (Lipinski definition) is 1. The van der Waals surface area contributed by atoms with Gasteiger partial charge in [-0.15, -0.1) is 0 Å². The first-order chi connectivity index (χ1) is 7.76. The highest BCUT2D eigenvalue weighted by molar-refractivity contribution is 5.41. The summed E-state index contributed by atoms with van der Waals surface area (Å²) in [6, 6.07) is 2.27. The van der Waals surface area contributed by atoms with E-state index in [9.17, 15) is 4.79 Å². The molecule has 1 saturated heterocycles. The van der Waals surface area contributed by atoms with Crippen molar-refractivity contribution in [3.63, 3.8) is 0 Å². The standard InChI is InChI=1S/C12H17N3O/c1-2-10-13-11(6-12(16)14-10)15-7-8-3-4-9(15)5-8/h6,8-9H,2-5,7H2,1H3,(H,13,14,16). The number of nitrogens with zero attached hydrogens (tertiary/aromatic N) is 2. The predicted molar refractivity (Wildman–Crippen MR) is 62.7 cm³/mol. The summed E-state index contributed by atoms with van der Waals surface area (Å²) in [6.07, 6.45) is 4.69. The van der Waals surface area contributed by atoms with E-state index < -0.39 is 0 Å². The summed E-state index contributed by atoms with van der Waals surface area (Å²) < 4.78 is 0. The van der Waals surface area contributed by atoms with E-state index in [1.165, 1.54) is 19.3 Å². The number of hydrogen-bond acceptors (Lipinski definition) is 3. The van der Waals surface area contributed by atoms with Gasteiger partial charge in [0.25, 0.3) is 5.56 Å². The van der Waals surface area contributed by atoms with Crippen LogP contribution in [0.2, 0.25) is 0 Å². The van der Waals surface area contributed by atoms with Gasteiger partial charge in [-0.25, -0.2) is 4.98 Å². The molecular weight excluding hydrogens is 202 g/mol. The van der Waals surface area contributed by atoms with Crippen LogP contribution >= 0.6 is 0 Å². The highest BCUT2D eigenvalue weighted by Gasteiger charge is 2.38. The molecule has 1 aromatic heterocycles. The zero-order valence-corrected chi connectivity index (χ0v) is 9.57. The maximum Gasteiger partial charge on any atom is 0.252 e. The van der Waals surface area contributed by atoms with E-state index in [2.05, 4.69) is 14.9 Å². The number of fused-ring (bicyclic) bond motifs is 2. The molecule has 0 radical (unpaired) electrons. The summed E-state index contributed by atoms with van der Waals surface area (Å²) in [4.78, 5) is 21.1. The van der Waals surface area contributed by atoms with E-state index in [1.54, 1.807) is 6.07 Å². The van der Waals surface area contributed by atoms with E-state index in [1.807, 2.05) is 6.92 Å². The van der Waals surface area contributed by atoms with Gasteiger partial charge in [0.05, 0.1) is 0 Å². The Bertz CT molecular complexity index is 454. The Morgan fingerprint density at radius 2 is 2.44 bits per heavy atom. The Kier molecular flexibility index (Phi) is 2.23. The molecule has 0 amide bonds. The minimum absolute atomic E-state index is 0.0235. The molecule has 1 N–H and O–H groups in total. The van der Waals surface area contributed by atoms with E-state index in [0.717, 1.165) is 30.5 Å². The minimum Gasteiger partial charge on any atom is -0.353 e. The van der Waals surface area contributed by atoms with Crippen LogP contribution in [-0.4, -0.2) is 22.6 Å². The van der Waals surface area contributed by atoms with Gasteiger partial charge in [-0.3, -0.25) is 4.79 Å². The van der Waals surface area contributed by atoms with E-state index in [-0.39, 0.29) is 5.56 Å². The van der Waals surface area contributed by atoms with Crippen molar-refractivity contribution in [2.45, 2.75) is 38.6 Å². The van der Waals surface area contributed by atoms with Gasteiger partial charge in [-0.2, -0.15) is 0 Å². The van der Waals surface area contributed by atoms with Crippen LogP contribution in [-0.2, 0) is 6.42 Å². The SMILES string of the molecule is CCc1nc(N2CC3CCC2C3)cc(=O)[nH]1. The van der Waals surface area contributed by atoms with Crippen molar-refractivity contribution < 1.29 is 0 Å². The van der Waals surface area contributed by atoms with Crippen molar-refractivity contribution in [1.29, 1.82) is 0 Å². The molecule has 3 rings (SSSR count). The Morgan fingerprint density at radius 1 is 1.56 bits per heavy atom. The molecule has 86 valence electrons. The summed E-state index contributed by atoms with van der Waals surface area (Å²) in [7, 11) is 0. The first kappa shape index (κ1) is 9.87. The van der Waals surface area contributed by atoms with Crippen LogP contribution in [0.15, 0.2) is 10.9 Å². The molecule has 2 atom stereocenters. The van der Waals surface area contributed by atoms with E-state index >= 15 is 0 Å². The fraction of sp³-hybridized carbons (Fsp3) is 0.667. The fourth-order valence-corrected chi connectivity index (χ4v) is 3.01. The van der Waals surface area contributed by atoms with Gasteiger partial charge >= 0.3 is 0 Å². The summed E-state index contributed by atoms with van der Waals surface area (Å²) in [5, 5.41) is 0. The summed E-state index contributed by atoms with van der Waals surface area (Å²) in [5.74, 6) is 2.51. The van der Waals surface area contributed by atoms with Crippen molar-refractivity contribution in [1.82, 2.24) is 9.97 Å². The zero-order chi connectivity index (χ0) is 11.1. The molecule has 4 heteroatoms. The van der Waals surface area contributed by atoms with Crippen LogP contribution < -0.4 is 10.5 Å². The molecule has 2 bridgehead atoms. The van der Waals surface area contributed by atoms with Crippen LogP contribution in [0.4, 0.5) is 5.82 Å². The predicted octanol–water partition coefficient (Wildman–Crippen LogP) is 1.32. The number of aryl methyl sites for hydroxylation is 1. The van der Waals surface area contributed by atoms with Gasteiger partial charge in [-0.1, -0.05) is 6.92 Å². The molecule has 1 aliphatic carbocycles. The number of rotatable bonds is 2. The third kappa shape index (κ3) is 1.52. The zero-order valence-electron chi connectivity index (χ0n) is 9.57. The first-order valence-electron chi connectivity index (χ1n) is 6.13. The number of nitrogens with one attached hydrogen (secondary N) is 1. The van der Waals surface area contributed by atoms with Gasteiger partial charge in [0.15, 0.2) is 0 Å². The lowest BCUT2D eigenvalue weighted by atomic mass is 10.1. The van der Waals surface area contributed by atoms with Crippen molar-refractivity contribution in [3.8, 4) is 0 Å². The van der Waals surface area contributed by atoms with Crippen LogP contribution in [0.3, 0.4) is 0 Å². The van der Waals surface area contributed by atoms with Crippen molar-refractivity contribution in [2.24, 2.45) is 5.92 Å². The average Bonchev–Trinajstić information content (AvgIpc) is 2.89. The highest BCUT2D eigenvalue weighted by atomic mass is 16.1. The van der Waals surface area contributed by atoms with Crippen LogP contribution in [0.1, 0.15) is 32.0 Å². The Balaban J connectivity index is 1.94. The third-order valence-electron chi connectivity index (χ3n) is 3.82. The molecule has 2 aliphatic rings. The average molecular weight is 219 g/mol. The second-order valence-electron chi connectivity index (χ2n) is 4.89. The number of piperidine rings is 1. The minimum atomic E-state index is -0.0235. The van der Waals surface area contributed by atoms with Crippen LogP contribution in [0.5, 0.6) is 0 Å². The number of aromatic amines is 1. The van der Waals surface area contributed by atoms with Gasteiger partial charge in [0.2, 0.25) is 0 Å². The van der Waals surface area contributed by atoms with Crippen LogP contribution in [0.25, 0.3) is 0 Å². The summed E-state index contributed by atoms with van der Waals surface area (Å²) >= 11 is 0.